The molecule has 0 atom stereocenters. The number of halogens is 2. The highest BCUT2D eigenvalue weighted by Crippen LogP contribution is 2.34. The average molecular weight is 448 g/mol. The van der Waals surface area contributed by atoms with E-state index in [4.69, 9.17) is 32.7 Å². The van der Waals surface area contributed by atoms with E-state index in [2.05, 4.69) is 10.4 Å². The number of ether oxygens (including phenoxy) is 2. The van der Waals surface area contributed by atoms with Crippen LogP contribution in [0.3, 0.4) is 0 Å². The molecule has 0 spiro atoms. The van der Waals surface area contributed by atoms with E-state index < -0.39 is 0 Å². The largest absolute Gasteiger partial charge is 0.497 e. The van der Waals surface area contributed by atoms with E-state index in [1.807, 2.05) is 26.0 Å². The minimum Gasteiger partial charge on any atom is -0.497 e. The predicted molar refractivity (Wildman–Crippen MR) is 119 cm³/mol. The van der Waals surface area contributed by atoms with Gasteiger partial charge in [0.15, 0.2) is 0 Å². The molecule has 0 saturated heterocycles. The lowest BCUT2D eigenvalue weighted by molar-refractivity contribution is 0.0941. The molecule has 1 aromatic heterocycles. The molecule has 0 aliphatic heterocycles. The van der Waals surface area contributed by atoms with Gasteiger partial charge in [-0.1, -0.05) is 37.0 Å². The fourth-order valence-electron chi connectivity index (χ4n) is 2.89. The third-order valence-electron chi connectivity index (χ3n) is 4.45. The maximum Gasteiger partial charge on any atom is 0.270 e. The molecule has 0 radical (unpaired) electrons. The Balaban J connectivity index is 2.12. The molecule has 1 heterocycles. The first-order valence-electron chi connectivity index (χ1n) is 9.40. The van der Waals surface area contributed by atoms with Gasteiger partial charge < -0.3 is 14.8 Å². The van der Waals surface area contributed by atoms with Crippen LogP contribution in [0.4, 0.5) is 0 Å². The summed E-state index contributed by atoms with van der Waals surface area (Å²) in [5.74, 6) is 1.33. The van der Waals surface area contributed by atoms with E-state index in [-0.39, 0.29) is 5.91 Å². The number of carbonyl (C=O) groups excluding carboxylic acids is 1. The number of amides is 1. The van der Waals surface area contributed by atoms with Crippen molar-refractivity contribution in [2.24, 2.45) is 5.92 Å². The van der Waals surface area contributed by atoms with Gasteiger partial charge in [0, 0.05) is 18.2 Å². The molecule has 0 fully saturated rings. The highest BCUT2D eigenvalue weighted by Gasteiger charge is 2.20. The number of hydrogen-bond acceptors (Lipinski definition) is 4. The van der Waals surface area contributed by atoms with E-state index in [0.717, 1.165) is 5.56 Å². The van der Waals surface area contributed by atoms with Gasteiger partial charge in [0.1, 0.15) is 17.2 Å². The molecule has 1 amide bonds. The van der Waals surface area contributed by atoms with Gasteiger partial charge in [-0.25, -0.2) is 4.68 Å². The summed E-state index contributed by atoms with van der Waals surface area (Å²) in [6, 6.07) is 12.3. The van der Waals surface area contributed by atoms with Gasteiger partial charge >= 0.3 is 0 Å². The maximum atomic E-state index is 12.9. The van der Waals surface area contributed by atoms with Crippen LogP contribution in [0.5, 0.6) is 11.5 Å². The topological polar surface area (TPSA) is 65.4 Å². The fourth-order valence-corrected chi connectivity index (χ4v) is 3.18. The molecule has 6 nitrogen and oxygen atoms in total. The summed E-state index contributed by atoms with van der Waals surface area (Å²) in [5, 5.41) is 8.41. The van der Waals surface area contributed by atoms with Crippen LogP contribution in [0.1, 0.15) is 24.3 Å². The Morgan fingerprint density at radius 1 is 1.07 bits per heavy atom. The standard InChI is InChI=1S/C22H23Cl2N3O3/c1-13(2)12-25-22(28)20-11-19(16-7-6-15(29-3)10-21(16)30-4)26-27(20)14-5-8-17(23)18(24)9-14/h5-11,13H,12H2,1-4H3,(H,25,28). The summed E-state index contributed by atoms with van der Waals surface area (Å²) in [7, 11) is 3.16. The Morgan fingerprint density at radius 2 is 1.83 bits per heavy atom. The maximum absolute atomic E-state index is 12.9. The zero-order valence-electron chi connectivity index (χ0n) is 17.2. The Hall–Kier alpha value is -2.70. The number of methoxy groups -OCH3 is 2. The van der Waals surface area contributed by atoms with E-state index in [0.29, 0.717) is 51.1 Å². The monoisotopic (exact) mass is 447 g/mol. The van der Waals surface area contributed by atoms with Crippen molar-refractivity contribution in [3.8, 4) is 28.4 Å². The number of aromatic nitrogens is 2. The van der Waals surface area contributed by atoms with E-state index >= 15 is 0 Å². The smallest absolute Gasteiger partial charge is 0.270 e. The lowest BCUT2D eigenvalue weighted by Crippen LogP contribution is -2.29. The Kier molecular flexibility index (Phi) is 6.90. The van der Waals surface area contributed by atoms with E-state index in [1.54, 1.807) is 49.2 Å². The normalized spacial score (nSPS) is 10.9. The van der Waals surface area contributed by atoms with Crippen LogP contribution >= 0.6 is 23.2 Å². The van der Waals surface area contributed by atoms with E-state index in [1.165, 1.54) is 0 Å². The molecule has 30 heavy (non-hydrogen) atoms. The summed E-state index contributed by atoms with van der Waals surface area (Å²) >= 11 is 12.3. The number of hydrogen-bond donors (Lipinski definition) is 1. The fraction of sp³-hybridized carbons (Fsp3) is 0.273. The van der Waals surface area contributed by atoms with Gasteiger partial charge in [-0.05, 0) is 42.3 Å². The highest BCUT2D eigenvalue weighted by atomic mass is 35.5. The van der Waals surface area contributed by atoms with Crippen molar-refractivity contribution in [3.05, 3.63) is 58.2 Å². The number of carbonyl (C=O) groups is 1. The summed E-state index contributed by atoms with van der Waals surface area (Å²) in [4.78, 5) is 12.9. The van der Waals surface area contributed by atoms with Crippen molar-refractivity contribution in [3.63, 3.8) is 0 Å². The lowest BCUT2D eigenvalue weighted by Gasteiger charge is -2.10. The van der Waals surface area contributed by atoms with Crippen LogP contribution in [-0.4, -0.2) is 36.5 Å². The first kappa shape index (κ1) is 22.0. The SMILES string of the molecule is COc1ccc(-c2cc(C(=O)NCC(C)C)n(-c3ccc(Cl)c(Cl)c3)n2)c(OC)c1. The first-order valence-corrected chi connectivity index (χ1v) is 10.2. The van der Waals surface area contributed by atoms with Crippen molar-refractivity contribution >= 4 is 29.1 Å². The Morgan fingerprint density at radius 3 is 2.47 bits per heavy atom. The van der Waals surface area contributed by atoms with Crippen LogP contribution in [0, 0.1) is 5.92 Å². The van der Waals surface area contributed by atoms with Gasteiger partial charge in [-0.2, -0.15) is 5.10 Å². The van der Waals surface area contributed by atoms with Gasteiger partial charge in [-0.15, -0.1) is 0 Å². The molecule has 3 aromatic rings. The van der Waals surface area contributed by atoms with Crippen molar-refractivity contribution in [1.29, 1.82) is 0 Å². The van der Waals surface area contributed by atoms with Crippen LogP contribution in [-0.2, 0) is 0 Å². The van der Waals surface area contributed by atoms with Crippen LogP contribution < -0.4 is 14.8 Å². The molecule has 8 heteroatoms. The zero-order chi connectivity index (χ0) is 21.8. The van der Waals surface area contributed by atoms with Crippen molar-refractivity contribution in [1.82, 2.24) is 15.1 Å². The van der Waals surface area contributed by atoms with Crippen LogP contribution in [0.15, 0.2) is 42.5 Å². The highest BCUT2D eigenvalue weighted by molar-refractivity contribution is 6.42. The second-order valence-corrected chi connectivity index (χ2v) is 7.91. The summed E-state index contributed by atoms with van der Waals surface area (Å²) in [6.45, 7) is 4.61. The zero-order valence-corrected chi connectivity index (χ0v) is 18.7. The lowest BCUT2D eigenvalue weighted by atomic mass is 10.1. The summed E-state index contributed by atoms with van der Waals surface area (Å²) < 4.78 is 12.3. The molecule has 0 saturated carbocycles. The van der Waals surface area contributed by atoms with Crippen molar-refractivity contribution in [2.75, 3.05) is 20.8 Å². The first-order chi connectivity index (χ1) is 14.3. The van der Waals surface area contributed by atoms with Crippen molar-refractivity contribution in [2.45, 2.75) is 13.8 Å². The molecule has 0 aliphatic rings. The predicted octanol–water partition coefficient (Wildman–Crippen LogP) is 5.25. The van der Waals surface area contributed by atoms with E-state index in [9.17, 15) is 4.79 Å². The van der Waals surface area contributed by atoms with Crippen LogP contribution in [0.25, 0.3) is 16.9 Å². The Labute approximate surface area is 185 Å². The number of nitrogens with one attached hydrogen (secondary N) is 1. The summed E-state index contributed by atoms with van der Waals surface area (Å²) in [6.07, 6.45) is 0. The van der Waals surface area contributed by atoms with Crippen molar-refractivity contribution < 1.29 is 14.3 Å². The second kappa shape index (κ2) is 9.41. The molecule has 0 aliphatic carbocycles. The molecular weight excluding hydrogens is 425 g/mol. The third kappa shape index (κ3) is 4.71. The van der Waals surface area contributed by atoms with Gasteiger partial charge in [0.25, 0.3) is 5.91 Å². The average Bonchev–Trinajstić information content (AvgIpc) is 3.18. The van der Waals surface area contributed by atoms with Gasteiger partial charge in [0.2, 0.25) is 0 Å². The minimum absolute atomic E-state index is 0.235. The van der Waals surface area contributed by atoms with Gasteiger partial charge in [0.05, 0.1) is 35.6 Å². The Bertz CT molecular complexity index is 1060. The number of rotatable bonds is 7. The minimum atomic E-state index is -0.235. The molecule has 158 valence electrons. The molecular formula is C22H23Cl2N3O3. The molecule has 2 aromatic carbocycles. The third-order valence-corrected chi connectivity index (χ3v) is 5.18. The quantitative estimate of drug-likeness (QED) is 0.536. The van der Waals surface area contributed by atoms with Crippen LogP contribution in [0.2, 0.25) is 10.0 Å². The van der Waals surface area contributed by atoms with Gasteiger partial charge in [-0.3, -0.25) is 4.79 Å². The summed E-state index contributed by atoms with van der Waals surface area (Å²) in [5.41, 5.74) is 2.31. The number of benzene rings is 2. The molecule has 0 bridgehead atoms. The molecule has 0 unspecified atom stereocenters. The molecule has 1 N–H and O–H groups in total. The second-order valence-electron chi connectivity index (χ2n) is 7.10. The molecule has 3 rings (SSSR count). The number of nitrogens with zero attached hydrogens (tertiary/aromatic N) is 2.